The molecular weight excluding hydrogens is 673 g/mol. The number of aliphatic hydroxyl groups is 2. The zero-order chi connectivity index (χ0) is 39.6. The van der Waals surface area contributed by atoms with Gasteiger partial charge in [0.05, 0.1) is 6.10 Å². The van der Waals surface area contributed by atoms with E-state index in [1.807, 2.05) is 18.2 Å². The highest BCUT2D eigenvalue weighted by atomic mass is 16.6. The largest absolute Gasteiger partial charge is 0.463 e. The van der Waals surface area contributed by atoms with Crippen molar-refractivity contribution in [3.8, 4) is 0 Å². The van der Waals surface area contributed by atoms with Crippen molar-refractivity contribution in [2.45, 2.75) is 226 Å². The molecule has 6 heteroatoms. The Bertz CT molecular complexity index is 937. The zero-order valence-electron chi connectivity index (χ0n) is 35.5. The van der Waals surface area contributed by atoms with Gasteiger partial charge in [-0.15, -0.1) is 0 Å². The van der Waals surface area contributed by atoms with E-state index in [2.05, 4.69) is 45.1 Å². The van der Waals surface area contributed by atoms with E-state index in [0.29, 0.717) is 19.3 Å². The van der Waals surface area contributed by atoms with Gasteiger partial charge >= 0.3 is 11.9 Å². The Morgan fingerprint density at radius 1 is 0.519 bits per heavy atom. The number of unbranched alkanes of at least 4 members (excludes halogenated alkanes) is 20. The lowest BCUT2D eigenvalue weighted by molar-refractivity contribution is -0.152. The molecule has 0 aromatic heterocycles. The van der Waals surface area contributed by atoms with Crippen LogP contribution in [-0.2, 0) is 19.1 Å². The van der Waals surface area contributed by atoms with E-state index in [-0.39, 0.29) is 25.6 Å². The number of carbonyl (C=O) groups excluding carboxylic acids is 2. The number of hydrogen-bond donors (Lipinski definition) is 2. The standard InChI is InChI=1S/C48H86O6/c1-4-6-7-8-9-10-11-18-22-25-28-31-34-38-45(49)39-36-41-48(52)54-43-46(50)42-53-47(51)40-35-32-29-26-23-20-17-15-13-12-14-16-19-21-24-27-30-33-37-44(3)5-2/h9-10,18,22,28,31,34,38,44-46,49-50H,4-8,11-17,19-21,23-27,29-30,32-33,35-37,39-43H2,1-3H3/b10-9-,22-18-,31-28-,38-34+/t44?,45-,46+/m1/s1. The van der Waals surface area contributed by atoms with Crippen LogP contribution in [0.25, 0.3) is 0 Å². The zero-order valence-corrected chi connectivity index (χ0v) is 35.5. The highest BCUT2D eigenvalue weighted by Crippen LogP contribution is 2.17. The summed E-state index contributed by atoms with van der Waals surface area (Å²) in [5.74, 6) is 0.154. The first-order valence-corrected chi connectivity index (χ1v) is 22.7. The number of rotatable bonds is 40. The summed E-state index contributed by atoms with van der Waals surface area (Å²) in [4.78, 5) is 24.0. The number of allylic oxidation sites excluding steroid dienone is 7. The molecule has 0 heterocycles. The maximum absolute atomic E-state index is 12.0. The summed E-state index contributed by atoms with van der Waals surface area (Å²) in [5.41, 5.74) is 0. The molecule has 54 heavy (non-hydrogen) atoms. The van der Waals surface area contributed by atoms with Gasteiger partial charge in [0.2, 0.25) is 0 Å². The van der Waals surface area contributed by atoms with Crippen molar-refractivity contribution in [2.24, 2.45) is 5.92 Å². The summed E-state index contributed by atoms with van der Waals surface area (Å²) in [6, 6.07) is 0. The Kier molecular flexibility index (Phi) is 40.3. The summed E-state index contributed by atoms with van der Waals surface area (Å²) in [5, 5.41) is 20.2. The molecule has 0 spiro atoms. The Labute approximate surface area is 333 Å². The summed E-state index contributed by atoms with van der Waals surface area (Å²) < 4.78 is 10.3. The Morgan fingerprint density at radius 2 is 0.981 bits per heavy atom. The number of ether oxygens (including phenoxy) is 2. The lowest BCUT2D eigenvalue weighted by Gasteiger charge is -2.12. The molecule has 0 amide bonds. The SMILES string of the molecule is CCCCC/C=C\C/C=C\C/C=C\C=C\[C@@H](O)CCCC(=O)OC[C@@H](O)COC(=O)CCCCCCCCCCCCCCCCCCCCC(C)CC. The van der Waals surface area contributed by atoms with E-state index in [1.54, 1.807) is 6.08 Å². The first kappa shape index (κ1) is 51.8. The minimum atomic E-state index is -1.04. The Morgan fingerprint density at radius 3 is 1.50 bits per heavy atom. The normalized spacial score (nSPS) is 13.8. The topological polar surface area (TPSA) is 93.1 Å². The van der Waals surface area contributed by atoms with E-state index in [4.69, 9.17) is 9.47 Å². The van der Waals surface area contributed by atoms with Gasteiger partial charge in [0.15, 0.2) is 0 Å². The Balaban J connectivity index is 3.55. The van der Waals surface area contributed by atoms with Gasteiger partial charge in [0, 0.05) is 12.8 Å². The Hall–Kier alpha value is -2.18. The molecule has 0 aliphatic heterocycles. The fourth-order valence-corrected chi connectivity index (χ4v) is 6.34. The smallest absolute Gasteiger partial charge is 0.305 e. The van der Waals surface area contributed by atoms with Crippen LogP contribution in [0.3, 0.4) is 0 Å². The minimum absolute atomic E-state index is 0.157. The molecule has 0 radical (unpaired) electrons. The second-order valence-electron chi connectivity index (χ2n) is 15.6. The molecule has 3 atom stereocenters. The van der Waals surface area contributed by atoms with Crippen molar-refractivity contribution >= 4 is 11.9 Å². The summed E-state index contributed by atoms with van der Waals surface area (Å²) in [6.45, 7) is 6.52. The van der Waals surface area contributed by atoms with E-state index in [0.717, 1.165) is 44.4 Å². The molecule has 0 aromatic carbocycles. The fraction of sp³-hybridized carbons (Fsp3) is 0.792. The average molecular weight is 759 g/mol. The number of carbonyl (C=O) groups is 2. The van der Waals surface area contributed by atoms with Crippen LogP contribution in [0.5, 0.6) is 0 Å². The maximum atomic E-state index is 12.0. The maximum Gasteiger partial charge on any atom is 0.305 e. The van der Waals surface area contributed by atoms with Crippen LogP contribution in [0, 0.1) is 5.92 Å². The molecule has 314 valence electrons. The van der Waals surface area contributed by atoms with Gasteiger partial charge in [-0.2, -0.15) is 0 Å². The van der Waals surface area contributed by atoms with Gasteiger partial charge in [0.1, 0.15) is 19.3 Å². The molecule has 6 nitrogen and oxygen atoms in total. The van der Waals surface area contributed by atoms with Crippen LogP contribution < -0.4 is 0 Å². The van der Waals surface area contributed by atoms with E-state index in [1.165, 1.54) is 128 Å². The molecule has 1 unspecified atom stereocenters. The molecule has 0 bridgehead atoms. The lowest BCUT2D eigenvalue weighted by atomic mass is 9.99. The lowest BCUT2D eigenvalue weighted by Crippen LogP contribution is -2.25. The van der Waals surface area contributed by atoms with Gasteiger partial charge in [-0.05, 0) is 50.9 Å². The van der Waals surface area contributed by atoms with Gasteiger partial charge < -0.3 is 19.7 Å². The van der Waals surface area contributed by atoms with Gasteiger partial charge in [0.25, 0.3) is 0 Å². The molecule has 0 saturated heterocycles. The van der Waals surface area contributed by atoms with Crippen LogP contribution in [0.4, 0.5) is 0 Å². The monoisotopic (exact) mass is 759 g/mol. The number of aliphatic hydroxyl groups excluding tert-OH is 2. The quantitative estimate of drug-likeness (QED) is 0.0280. The highest BCUT2D eigenvalue weighted by molar-refractivity contribution is 5.69. The van der Waals surface area contributed by atoms with Crippen molar-refractivity contribution in [1.82, 2.24) is 0 Å². The molecule has 0 aliphatic rings. The van der Waals surface area contributed by atoms with Crippen LogP contribution in [0.2, 0.25) is 0 Å². The van der Waals surface area contributed by atoms with E-state index in [9.17, 15) is 19.8 Å². The second-order valence-corrected chi connectivity index (χ2v) is 15.6. The van der Waals surface area contributed by atoms with Crippen LogP contribution in [-0.4, -0.2) is 47.6 Å². The fourth-order valence-electron chi connectivity index (χ4n) is 6.34. The van der Waals surface area contributed by atoms with Gasteiger partial charge in [-0.3, -0.25) is 9.59 Å². The van der Waals surface area contributed by atoms with E-state index >= 15 is 0 Å². The minimum Gasteiger partial charge on any atom is -0.463 e. The summed E-state index contributed by atoms with van der Waals surface area (Å²) in [6.07, 6.45) is 49.2. The molecule has 0 saturated carbocycles. The van der Waals surface area contributed by atoms with Crippen LogP contribution >= 0.6 is 0 Å². The predicted octanol–water partition coefficient (Wildman–Crippen LogP) is 13.4. The number of hydrogen-bond acceptors (Lipinski definition) is 6. The van der Waals surface area contributed by atoms with Crippen LogP contribution in [0.1, 0.15) is 213 Å². The molecule has 0 rings (SSSR count). The molecule has 0 fully saturated rings. The van der Waals surface area contributed by atoms with Crippen molar-refractivity contribution < 1.29 is 29.3 Å². The van der Waals surface area contributed by atoms with Crippen molar-refractivity contribution in [2.75, 3.05) is 13.2 Å². The highest BCUT2D eigenvalue weighted by Gasteiger charge is 2.12. The van der Waals surface area contributed by atoms with Gasteiger partial charge in [-0.25, -0.2) is 0 Å². The van der Waals surface area contributed by atoms with Crippen LogP contribution in [0.15, 0.2) is 48.6 Å². The predicted molar refractivity (Wildman–Crippen MR) is 230 cm³/mol. The number of esters is 2. The summed E-state index contributed by atoms with van der Waals surface area (Å²) in [7, 11) is 0. The molecule has 2 N–H and O–H groups in total. The van der Waals surface area contributed by atoms with E-state index < -0.39 is 18.2 Å². The van der Waals surface area contributed by atoms with Crippen molar-refractivity contribution in [3.63, 3.8) is 0 Å². The third-order valence-corrected chi connectivity index (χ3v) is 10.2. The average Bonchev–Trinajstić information content (AvgIpc) is 3.17. The molecule has 0 aromatic rings. The third-order valence-electron chi connectivity index (χ3n) is 10.2. The first-order valence-electron chi connectivity index (χ1n) is 22.7. The molecular formula is C48H86O6. The second kappa shape index (κ2) is 42.0. The van der Waals surface area contributed by atoms with Crippen molar-refractivity contribution in [3.05, 3.63) is 48.6 Å². The first-order chi connectivity index (χ1) is 26.4. The molecule has 0 aliphatic carbocycles. The third kappa shape index (κ3) is 41.0. The van der Waals surface area contributed by atoms with Gasteiger partial charge in [-0.1, -0.05) is 204 Å². The summed E-state index contributed by atoms with van der Waals surface area (Å²) >= 11 is 0. The van der Waals surface area contributed by atoms with Crippen molar-refractivity contribution in [1.29, 1.82) is 0 Å².